The Labute approximate surface area is 239 Å². The van der Waals surface area contributed by atoms with Gasteiger partial charge in [0.05, 0.1) is 0 Å². The first-order valence-corrected chi connectivity index (χ1v) is 14.2. The summed E-state index contributed by atoms with van der Waals surface area (Å²) in [5.74, 6) is -0.414. The van der Waals surface area contributed by atoms with E-state index in [1.807, 2.05) is 26.0 Å². The molecule has 214 valence electrons. The molecule has 2 N–H and O–H groups in total. The molecule has 0 bridgehead atoms. The molecule has 40 heavy (non-hydrogen) atoms. The lowest BCUT2D eigenvalue weighted by molar-refractivity contribution is -0.117. The lowest BCUT2D eigenvalue weighted by atomic mass is 9.99. The number of Topliss-reactive ketones (excluding diaryl/α,β-unsaturated/α-hetero) is 2. The normalized spacial score (nSPS) is 11.8. The number of allylic oxidation sites excluding steroid dienone is 4. The minimum atomic E-state index is -0.154. The third-order valence-electron chi connectivity index (χ3n) is 7.08. The average Bonchev–Trinajstić information content (AvgIpc) is 2.92. The molecule has 2 aromatic rings. The summed E-state index contributed by atoms with van der Waals surface area (Å²) in [6.45, 7) is 11.0. The van der Waals surface area contributed by atoms with E-state index in [4.69, 9.17) is 0 Å². The van der Waals surface area contributed by atoms with Crippen molar-refractivity contribution in [1.29, 1.82) is 0 Å². The Bertz CT molecular complexity index is 1220. The average molecular weight is 545 g/mol. The van der Waals surface area contributed by atoms with E-state index in [0.29, 0.717) is 29.7 Å². The maximum absolute atomic E-state index is 12.6. The Kier molecular flexibility index (Phi) is 13.2. The van der Waals surface area contributed by atoms with Crippen molar-refractivity contribution in [2.24, 2.45) is 0 Å². The van der Waals surface area contributed by atoms with E-state index in [1.54, 1.807) is 18.2 Å². The summed E-state index contributed by atoms with van der Waals surface area (Å²) >= 11 is 0. The Morgan fingerprint density at radius 3 is 1.20 bits per heavy atom. The molecule has 0 unspecified atom stereocenters. The van der Waals surface area contributed by atoms with Crippen LogP contribution in [0.1, 0.15) is 125 Å². The molecule has 0 saturated carbocycles. The van der Waals surface area contributed by atoms with Gasteiger partial charge in [-0.3, -0.25) is 19.2 Å². The SMILES string of the molecule is CC=C(C)c1cc(NC(=O)CCCCCCCCC(=O)Nc2cc(C(C)=O)cc(C(C)=O)c2)cc(C(C)=CC)c1. The summed E-state index contributed by atoms with van der Waals surface area (Å²) in [6.07, 6.45) is 10.5. The van der Waals surface area contributed by atoms with E-state index >= 15 is 0 Å². The first kappa shape index (κ1) is 32.4. The second-order valence-corrected chi connectivity index (χ2v) is 10.4. The Balaban J connectivity index is 1.70. The second kappa shape index (κ2) is 16.3. The smallest absolute Gasteiger partial charge is 0.224 e. The number of hydrogen-bond acceptors (Lipinski definition) is 4. The Morgan fingerprint density at radius 1 is 0.525 bits per heavy atom. The number of hydrogen-bond donors (Lipinski definition) is 2. The summed E-state index contributed by atoms with van der Waals surface area (Å²) in [7, 11) is 0. The Hall–Kier alpha value is -3.80. The molecule has 0 aliphatic heterocycles. The fraction of sp³-hybridized carbons (Fsp3) is 0.412. The number of amides is 2. The zero-order chi connectivity index (χ0) is 29.7. The fourth-order valence-electron chi connectivity index (χ4n) is 4.32. The van der Waals surface area contributed by atoms with Crippen LogP contribution in [0.4, 0.5) is 11.4 Å². The highest BCUT2D eigenvalue weighted by Gasteiger charge is 2.11. The van der Waals surface area contributed by atoms with Gasteiger partial charge in [0.1, 0.15) is 0 Å². The minimum absolute atomic E-state index is 0.0257. The van der Waals surface area contributed by atoms with E-state index in [9.17, 15) is 19.2 Å². The van der Waals surface area contributed by atoms with Crippen LogP contribution in [0.3, 0.4) is 0 Å². The van der Waals surface area contributed by atoms with E-state index in [2.05, 4.69) is 42.7 Å². The highest BCUT2D eigenvalue weighted by atomic mass is 16.2. The lowest BCUT2D eigenvalue weighted by Crippen LogP contribution is -2.12. The molecule has 0 fully saturated rings. The number of ketones is 2. The largest absolute Gasteiger partial charge is 0.326 e. The van der Waals surface area contributed by atoms with Crippen LogP contribution in [-0.4, -0.2) is 23.4 Å². The molecule has 6 nitrogen and oxygen atoms in total. The highest BCUT2D eigenvalue weighted by Crippen LogP contribution is 2.26. The van der Waals surface area contributed by atoms with E-state index in [0.717, 1.165) is 55.3 Å². The monoisotopic (exact) mass is 544 g/mol. The van der Waals surface area contributed by atoms with Gasteiger partial charge in [0.25, 0.3) is 0 Å². The van der Waals surface area contributed by atoms with Crippen molar-refractivity contribution in [3.05, 3.63) is 70.8 Å². The fourth-order valence-corrected chi connectivity index (χ4v) is 4.32. The quantitative estimate of drug-likeness (QED) is 0.173. The minimum Gasteiger partial charge on any atom is -0.326 e. The van der Waals surface area contributed by atoms with Crippen LogP contribution in [0.5, 0.6) is 0 Å². The standard InChI is InChI=1S/C34H44N2O4/c1-7-23(3)27-17-28(24(4)8-2)20-31(19-27)35-33(39)15-13-11-9-10-12-14-16-34(40)36-32-21-29(25(5)37)18-30(22-32)26(6)38/h7-8,17-22H,9-16H2,1-6H3,(H,35,39)(H,36,40). The van der Waals surface area contributed by atoms with Crippen LogP contribution in [0.2, 0.25) is 0 Å². The van der Waals surface area contributed by atoms with Gasteiger partial charge < -0.3 is 10.6 Å². The molecule has 2 rings (SSSR count). The van der Waals surface area contributed by atoms with Crippen molar-refractivity contribution in [2.75, 3.05) is 10.6 Å². The molecule has 2 amide bonds. The number of carbonyl (C=O) groups excluding carboxylic acids is 4. The molecule has 0 aliphatic carbocycles. The van der Waals surface area contributed by atoms with Gasteiger partial charge in [-0.1, -0.05) is 37.8 Å². The van der Waals surface area contributed by atoms with E-state index < -0.39 is 0 Å². The van der Waals surface area contributed by atoms with Crippen molar-refractivity contribution in [1.82, 2.24) is 0 Å². The number of nitrogens with one attached hydrogen (secondary N) is 2. The van der Waals surface area contributed by atoms with Crippen molar-refractivity contribution in [3.63, 3.8) is 0 Å². The lowest BCUT2D eigenvalue weighted by Gasteiger charge is -2.12. The predicted molar refractivity (Wildman–Crippen MR) is 166 cm³/mol. The topological polar surface area (TPSA) is 92.3 Å². The van der Waals surface area contributed by atoms with Crippen molar-refractivity contribution in [3.8, 4) is 0 Å². The summed E-state index contributed by atoms with van der Waals surface area (Å²) < 4.78 is 0. The van der Waals surface area contributed by atoms with E-state index in [1.165, 1.54) is 25.0 Å². The molecule has 0 saturated heterocycles. The van der Waals surface area contributed by atoms with Crippen molar-refractivity contribution >= 4 is 45.9 Å². The molecule has 0 radical (unpaired) electrons. The first-order chi connectivity index (χ1) is 19.0. The number of unbranched alkanes of at least 4 members (excludes halogenated alkanes) is 5. The summed E-state index contributed by atoms with van der Waals surface area (Å²) in [5, 5.41) is 5.88. The second-order valence-electron chi connectivity index (χ2n) is 10.4. The molecule has 2 aromatic carbocycles. The molecular formula is C34H44N2O4. The maximum Gasteiger partial charge on any atom is 0.224 e. The number of benzene rings is 2. The Morgan fingerprint density at radius 2 is 0.850 bits per heavy atom. The van der Waals surface area contributed by atoms with Gasteiger partial charge in [0.2, 0.25) is 11.8 Å². The number of carbonyl (C=O) groups is 4. The van der Waals surface area contributed by atoms with Gasteiger partial charge >= 0.3 is 0 Å². The van der Waals surface area contributed by atoms with E-state index in [-0.39, 0.29) is 23.4 Å². The van der Waals surface area contributed by atoms with Crippen LogP contribution in [-0.2, 0) is 9.59 Å². The zero-order valence-corrected chi connectivity index (χ0v) is 24.9. The zero-order valence-electron chi connectivity index (χ0n) is 24.9. The third kappa shape index (κ3) is 10.8. The van der Waals surface area contributed by atoms with Gasteiger partial charge in [-0.25, -0.2) is 0 Å². The van der Waals surface area contributed by atoms with Gasteiger partial charge in [-0.15, -0.1) is 0 Å². The van der Waals surface area contributed by atoms with Crippen LogP contribution >= 0.6 is 0 Å². The van der Waals surface area contributed by atoms with Gasteiger partial charge in [0, 0.05) is 35.3 Å². The van der Waals surface area contributed by atoms with Crippen molar-refractivity contribution in [2.45, 2.75) is 92.9 Å². The number of rotatable bonds is 15. The molecule has 6 heteroatoms. The number of anilines is 2. The van der Waals surface area contributed by atoms with Crippen LogP contribution in [0, 0.1) is 0 Å². The molecular weight excluding hydrogens is 500 g/mol. The van der Waals surface area contributed by atoms with Gasteiger partial charge in [-0.05, 0) is 113 Å². The van der Waals surface area contributed by atoms with Crippen LogP contribution < -0.4 is 10.6 Å². The molecule has 0 atom stereocenters. The first-order valence-electron chi connectivity index (χ1n) is 14.2. The maximum atomic E-state index is 12.6. The third-order valence-corrected chi connectivity index (χ3v) is 7.08. The van der Waals surface area contributed by atoms with Gasteiger partial charge in [-0.2, -0.15) is 0 Å². The van der Waals surface area contributed by atoms with Gasteiger partial charge in [0.15, 0.2) is 11.6 Å². The van der Waals surface area contributed by atoms with Crippen molar-refractivity contribution < 1.29 is 19.2 Å². The summed E-state index contributed by atoms with van der Waals surface area (Å²) in [6, 6.07) is 11.0. The molecule has 0 spiro atoms. The van der Waals surface area contributed by atoms with Crippen LogP contribution in [0.25, 0.3) is 11.1 Å². The highest BCUT2D eigenvalue weighted by molar-refractivity contribution is 6.02. The molecule has 0 heterocycles. The van der Waals surface area contributed by atoms with Crippen LogP contribution in [0.15, 0.2) is 48.6 Å². The summed E-state index contributed by atoms with van der Waals surface area (Å²) in [4.78, 5) is 48.4. The molecule has 0 aromatic heterocycles. The summed E-state index contributed by atoms with van der Waals surface area (Å²) in [5.41, 5.74) is 6.66. The predicted octanol–water partition coefficient (Wildman–Crippen LogP) is 8.64. The molecule has 0 aliphatic rings.